The van der Waals surface area contributed by atoms with Gasteiger partial charge in [0, 0.05) is 25.9 Å². The Morgan fingerprint density at radius 1 is 1.13 bits per heavy atom. The monoisotopic (exact) mass is 445 g/mol. The van der Waals surface area contributed by atoms with Crippen molar-refractivity contribution in [1.82, 2.24) is 29.3 Å². The van der Waals surface area contributed by atoms with E-state index < -0.39 is 5.69 Å². The molecule has 1 aliphatic heterocycles. The first-order valence-corrected chi connectivity index (χ1v) is 10.5. The van der Waals surface area contributed by atoms with E-state index in [0.717, 1.165) is 6.42 Å². The van der Waals surface area contributed by atoms with Crippen molar-refractivity contribution in [2.45, 2.75) is 52.2 Å². The molecule has 0 aliphatic carbocycles. The molecular formula is C20H21ClFN7O2. The summed E-state index contributed by atoms with van der Waals surface area (Å²) in [6.07, 6.45) is 1.65. The molecule has 4 rings (SSSR count). The molecule has 0 atom stereocenters. The van der Waals surface area contributed by atoms with Crippen LogP contribution in [0.5, 0.6) is 0 Å². The van der Waals surface area contributed by atoms with E-state index in [1.165, 1.54) is 20.0 Å². The molecule has 11 heteroatoms. The van der Waals surface area contributed by atoms with E-state index in [4.69, 9.17) is 11.6 Å². The lowest BCUT2D eigenvalue weighted by Gasteiger charge is -2.13. The molecule has 0 spiro atoms. The molecule has 0 bridgehead atoms. The molecule has 1 aromatic carbocycles. The van der Waals surface area contributed by atoms with Crippen LogP contribution >= 0.6 is 11.6 Å². The van der Waals surface area contributed by atoms with Gasteiger partial charge in [0.2, 0.25) is 0 Å². The molecular weight excluding hydrogens is 425 g/mol. The van der Waals surface area contributed by atoms with Crippen LogP contribution in [-0.4, -0.2) is 34.5 Å². The topological polar surface area (TPSA) is 100.0 Å². The molecule has 2 aromatic heterocycles. The van der Waals surface area contributed by atoms with Crippen molar-refractivity contribution < 1.29 is 4.39 Å². The Kier molecular flexibility index (Phi) is 6.08. The summed E-state index contributed by atoms with van der Waals surface area (Å²) < 4.78 is 16.5. The van der Waals surface area contributed by atoms with Gasteiger partial charge in [-0.1, -0.05) is 36.7 Å². The number of fused-ring (bicyclic) bond motifs is 1. The summed E-state index contributed by atoms with van der Waals surface area (Å²) in [4.78, 5) is 31.2. The zero-order valence-corrected chi connectivity index (χ0v) is 17.7. The highest BCUT2D eigenvalue weighted by Crippen LogP contribution is 2.24. The summed E-state index contributed by atoms with van der Waals surface area (Å²) in [5, 5.41) is 12.5. The van der Waals surface area contributed by atoms with Gasteiger partial charge in [-0.25, -0.2) is 14.2 Å². The highest BCUT2D eigenvalue weighted by molar-refractivity contribution is 6.66. The minimum Gasteiger partial charge on any atom is -0.278 e. The maximum atomic E-state index is 13.8. The van der Waals surface area contributed by atoms with Crippen LogP contribution in [0.3, 0.4) is 0 Å². The zero-order valence-electron chi connectivity index (χ0n) is 17.0. The number of hydrogen-bond donors (Lipinski definition) is 0. The third-order valence-electron chi connectivity index (χ3n) is 5.03. The van der Waals surface area contributed by atoms with E-state index in [0.29, 0.717) is 47.5 Å². The molecule has 0 unspecified atom stereocenters. The van der Waals surface area contributed by atoms with Gasteiger partial charge in [-0.05, 0) is 29.7 Å². The predicted molar refractivity (Wildman–Crippen MR) is 114 cm³/mol. The Labute approximate surface area is 181 Å². The van der Waals surface area contributed by atoms with Crippen LogP contribution in [0.15, 0.2) is 38.8 Å². The van der Waals surface area contributed by atoms with Crippen molar-refractivity contribution in [2.24, 2.45) is 4.99 Å². The molecule has 162 valence electrons. The maximum absolute atomic E-state index is 13.8. The fraction of sp³-hybridized carbons (Fsp3) is 0.400. The van der Waals surface area contributed by atoms with Crippen LogP contribution in [0.25, 0.3) is 0 Å². The normalized spacial score (nSPS) is 12.8. The van der Waals surface area contributed by atoms with Gasteiger partial charge in [-0.15, -0.1) is 10.2 Å². The van der Waals surface area contributed by atoms with Gasteiger partial charge >= 0.3 is 5.69 Å². The third-order valence-corrected chi connectivity index (χ3v) is 5.25. The maximum Gasteiger partial charge on any atom is 0.332 e. The molecule has 0 saturated heterocycles. The quantitative estimate of drug-likeness (QED) is 0.528. The van der Waals surface area contributed by atoms with E-state index >= 15 is 0 Å². The number of aromatic nitrogens is 6. The van der Waals surface area contributed by atoms with E-state index in [1.807, 2.05) is 6.92 Å². The number of tetrazole rings is 1. The lowest BCUT2D eigenvalue weighted by Crippen LogP contribution is -2.41. The van der Waals surface area contributed by atoms with Gasteiger partial charge < -0.3 is 0 Å². The Morgan fingerprint density at radius 2 is 1.94 bits per heavy atom. The van der Waals surface area contributed by atoms with Crippen LogP contribution < -0.4 is 11.2 Å². The second kappa shape index (κ2) is 8.93. The number of hydrogen-bond acceptors (Lipinski definition) is 6. The van der Waals surface area contributed by atoms with Gasteiger partial charge in [0.1, 0.15) is 16.8 Å². The Bertz CT molecular complexity index is 1260. The fourth-order valence-corrected chi connectivity index (χ4v) is 3.79. The number of rotatable bonds is 8. The fourth-order valence-electron chi connectivity index (χ4n) is 3.57. The lowest BCUT2D eigenvalue weighted by atomic mass is 10.1. The molecule has 0 saturated carbocycles. The molecule has 3 aromatic rings. The molecule has 1 aliphatic rings. The zero-order chi connectivity index (χ0) is 22.0. The lowest BCUT2D eigenvalue weighted by molar-refractivity contribution is 0.449. The van der Waals surface area contributed by atoms with Gasteiger partial charge in [0.25, 0.3) is 5.56 Å². The molecule has 9 nitrogen and oxygen atoms in total. The summed E-state index contributed by atoms with van der Waals surface area (Å²) in [6, 6.07) is 6.44. The van der Waals surface area contributed by atoms with Crippen LogP contribution in [0, 0.1) is 5.82 Å². The molecule has 0 N–H and O–H groups in total. The second-order valence-corrected chi connectivity index (χ2v) is 7.72. The first-order valence-electron chi connectivity index (χ1n) is 10.1. The number of nitrogens with zero attached hydrogens (tertiary/aromatic N) is 7. The molecule has 0 radical (unpaired) electrons. The third kappa shape index (κ3) is 4.34. The number of benzene rings is 1. The Balaban J connectivity index is 1.46. The first-order chi connectivity index (χ1) is 15.0. The summed E-state index contributed by atoms with van der Waals surface area (Å²) in [5.41, 5.74) is 0.180. The van der Waals surface area contributed by atoms with E-state index in [2.05, 4.69) is 20.4 Å². The number of aliphatic imine (C=N–C) groups is 1. The molecule has 0 amide bonds. The smallest absolute Gasteiger partial charge is 0.278 e. The highest BCUT2D eigenvalue weighted by Gasteiger charge is 2.24. The van der Waals surface area contributed by atoms with Crippen molar-refractivity contribution in [3.05, 3.63) is 67.9 Å². The van der Waals surface area contributed by atoms with Crippen LogP contribution in [-0.2, 0) is 32.5 Å². The van der Waals surface area contributed by atoms with Crippen molar-refractivity contribution in [2.75, 3.05) is 0 Å². The summed E-state index contributed by atoms with van der Waals surface area (Å²) in [6.45, 7) is 2.97. The van der Waals surface area contributed by atoms with Gasteiger partial charge in [0.15, 0.2) is 5.82 Å². The van der Waals surface area contributed by atoms with E-state index in [9.17, 15) is 14.0 Å². The van der Waals surface area contributed by atoms with Gasteiger partial charge in [-0.3, -0.25) is 13.9 Å². The number of halogens is 2. The summed E-state index contributed by atoms with van der Waals surface area (Å²) in [7, 11) is 0. The van der Waals surface area contributed by atoms with E-state index in [-0.39, 0.29) is 30.8 Å². The van der Waals surface area contributed by atoms with Gasteiger partial charge in [0.05, 0.1) is 12.1 Å². The second-order valence-electron chi connectivity index (χ2n) is 7.28. The standard InChI is InChI=1S/C20H21ClFN7O2/c1-2-8-27-18-14(12-16(21)23-18)19(30)28(20(27)31)9-5-10-29-25-17(24-26-29)11-13-6-3-4-7-15(13)22/h3-4,6-7H,2,5,8-12H2,1H3. The van der Waals surface area contributed by atoms with Crippen molar-refractivity contribution in [3.8, 4) is 0 Å². The summed E-state index contributed by atoms with van der Waals surface area (Å²) in [5.74, 6) is 0.452. The highest BCUT2D eigenvalue weighted by atomic mass is 35.5. The van der Waals surface area contributed by atoms with Crippen LogP contribution in [0.4, 0.5) is 10.2 Å². The minimum absolute atomic E-state index is 0.205. The van der Waals surface area contributed by atoms with E-state index in [1.54, 1.807) is 18.2 Å². The van der Waals surface area contributed by atoms with Crippen molar-refractivity contribution in [1.29, 1.82) is 0 Å². The number of aryl methyl sites for hydroxylation is 1. The molecule has 3 heterocycles. The minimum atomic E-state index is -0.396. The van der Waals surface area contributed by atoms with Crippen molar-refractivity contribution in [3.63, 3.8) is 0 Å². The molecule has 0 fully saturated rings. The Hall–Kier alpha value is -3.14. The average molecular weight is 446 g/mol. The first kappa shape index (κ1) is 21.1. The Morgan fingerprint density at radius 3 is 2.71 bits per heavy atom. The predicted octanol–water partition coefficient (Wildman–Crippen LogP) is 2.05. The van der Waals surface area contributed by atoms with Crippen molar-refractivity contribution >= 4 is 22.6 Å². The van der Waals surface area contributed by atoms with Gasteiger partial charge in [-0.2, -0.15) is 4.80 Å². The van der Waals surface area contributed by atoms with Crippen LogP contribution in [0.1, 0.15) is 36.7 Å². The van der Waals surface area contributed by atoms with Crippen LogP contribution in [0.2, 0.25) is 0 Å². The summed E-state index contributed by atoms with van der Waals surface area (Å²) >= 11 is 6.02. The SMILES string of the molecule is CCCn1c2c(c(=O)n(CCCn3nnc(Cc4ccccc4F)n3)c1=O)CC(Cl)=N2. The average Bonchev–Trinajstić information content (AvgIpc) is 3.36. The molecule has 31 heavy (non-hydrogen) atoms. The largest absolute Gasteiger partial charge is 0.332 e.